The van der Waals surface area contributed by atoms with E-state index in [4.69, 9.17) is 4.74 Å². The highest BCUT2D eigenvalue weighted by Crippen LogP contribution is 2.29. The lowest BCUT2D eigenvalue weighted by Gasteiger charge is -2.19. The molecule has 1 N–H and O–H groups in total. The fourth-order valence-electron chi connectivity index (χ4n) is 3.02. The van der Waals surface area contributed by atoms with E-state index < -0.39 is 5.97 Å². The molecular weight excluding hydrogens is 324 g/mol. The molecule has 0 bridgehead atoms. The Morgan fingerprint density at radius 1 is 0.808 bits per heavy atom. The first-order chi connectivity index (χ1) is 12.6. The van der Waals surface area contributed by atoms with Gasteiger partial charge in [-0.2, -0.15) is 0 Å². The molecule has 132 valence electrons. The van der Waals surface area contributed by atoms with Gasteiger partial charge in [0.2, 0.25) is 0 Å². The smallest absolute Gasteiger partial charge is 0.339 e. The maximum absolute atomic E-state index is 11.4. The van der Waals surface area contributed by atoms with E-state index in [1.54, 1.807) is 24.3 Å². The van der Waals surface area contributed by atoms with Crippen LogP contribution < -0.4 is 4.74 Å². The van der Waals surface area contributed by atoms with Crippen LogP contribution in [0.3, 0.4) is 0 Å². The quantitative estimate of drug-likeness (QED) is 0.625. The van der Waals surface area contributed by atoms with Crippen LogP contribution in [0.15, 0.2) is 78.9 Å². The molecule has 0 spiro atoms. The topological polar surface area (TPSA) is 46.5 Å². The van der Waals surface area contributed by atoms with Crippen LogP contribution in [0.4, 0.5) is 0 Å². The fourth-order valence-corrected chi connectivity index (χ4v) is 3.02. The van der Waals surface area contributed by atoms with Crippen LogP contribution in [-0.4, -0.2) is 11.1 Å². The number of rotatable bonds is 6. The van der Waals surface area contributed by atoms with Gasteiger partial charge in [0.1, 0.15) is 17.4 Å². The second kappa shape index (κ2) is 7.87. The summed E-state index contributed by atoms with van der Waals surface area (Å²) in [7, 11) is 0. The van der Waals surface area contributed by atoms with E-state index in [-0.39, 0.29) is 17.6 Å². The fraction of sp³-hybridized carbons (Fsp3) is 0.174. The largest absolute Gasteiger partial charge is 0.485 e. The molecule has 3 rings (SSSR count). The van der Waals surface area contributed by atoms with Crippen molar-refractivity contribution < 1.29 is 14.6 Å². The van der Waals surface area contributed by atoms with Gasteiger partial charge < -0.3 is 9.84 Å². The minimum atomic E-state index is -0.987. The Morgan fingerprint density at radius 2 is 1.42 bits per heavy atom. The average Bonchev–Trinajstić information content (AvgIpc) is 2.68. The predicted molar refractivity (Wildman–Crippen MR) is 103 cm³/mol. The van der Waals surface area contributed by atoms with Crippen molar-refractivity contribution in [3.05, 3.63) is 101 Å². The lowest BCUT2D eigenvalue weighted by atomic mass is 9.91. The van der Waals surface area contributed by atoms with Gasteiger partial charge in [-0.3, -0.25) is 0 Å². The molecule has 3 aromatic rings. The molecule has 2 atom stereocenters. The van der Waals surface area contributed by atoms with E-state index in [1.165, 1.54) is 11.1 Å². The number of aromatic carboxylic acids is 1. The Hall–Kier alpha value is -3.07. The first kappa shape index (κ1) is 17.7. The van der Waals surface area contributed by atoms with Crippen molar-refractivity contribution >= 4 is 5.97 Å². The second-order valence-corrected chi connectivity index (χ2v) is 6.36. The van der Waals surface area contributed by atoms with Crippen LogP contribution in [0.25, 0.3) is 0 Å². The van der Waals surface area contributed by atoms with Crippen molar-refractivity contribution in [3.8, 4) is 5.75 Å². The number of benzene rings is 3. The van der Waals surface area contributed by atoms with Crippen LogP contribution in [-0.2, 0) is 0 Å². The van der Waals surface area contributed by atoms with Crippen molar-refractivity contribution in [2.24, 2.45) is 0 Å². The first-order valence-corrected chi connectivity index (χ1v) is 8.70. The third-order valence-corrected chi connectivity index (χ3v) is 4.60. The molecule has 0 saturated carbocycles. The normalized spacial score (nSPS) is 13.0. The molecule has 0 amide bonds. The van der Waals surface area contributed by atoms with Crippen LogP contribution in [0.2, 0.25) is 0 Å². The third-order valence-electron chi connectivity index (χ3n) is 4.60. The van der Waals surface area contributed by atoms with Gasteiger partial charge in [0.25, 0.3) is 0 Å². The lowest BCUT2D eigenvalue weighted by molar-refractivity contribution is 0.0689. The standard InChI is InChI=1S/C23H22O3/c1-16(18-9-4-3-5-10-18)19-11-8-12-20(15-19)17(2)26-22-14-7-6-13-21(22)23(24)25/h3-17H,1-2H3,(H,24,25). The molecule has 3 heteroatoms. The highest BCUT2D eigenvalue weighted by molar-refractivity contribution is 5.90. The minimum Gasteiger partial charge on any atom is -0.485 e. The summed E-state index contributed by atoms with van der Waals surface area (Å²) in [6, 6.07) is 25.4. The van der Waals surface area contributed by atoms with Gasteiger partial charge in [0.05, 0.1) is 0 Å². The number of carbonyl (C=O) groups is 1. The number of hydrogen-bond donors (Lipinski definition) is 1. The summed E-state index contributed by atoms with van der Waals surface area (Å²) >= 11 is 0. The van der Waals surface area contributed by atoms with E-state index >= 15 is 0 Å². The summed E-state index contributed by atoms with van der Waals surface area (Å²) in [4.78, 5) is 11.4. The lowest BCUT2D eigenvalue weighted by Crippen LogP contribution is -2.08. The zero-order valence-electron chi connectivity index (χ0n) is 14.9. The molecule has 3 aromatic carbocycles. The molecule has 0 aliphatic rings. The summed E-state index contributed by atoms with van der Waals surface area (Å²) in [5.74, 6) is -0.331. The van der Waals surface area contributed by atoms with Crippen molar-refractivity contribution in [1.82, 2.24) is 0 Å². The molecule has 2 unspecified atom stereocenters. The number of hydrogen-bond acceptors (Lipinski definition) is 2. The first-order valence-electron chi connectivity index (χ1n) is 8.70. The summed E-state index contributed by atoms with van der Waals surface area (Å²) in [5, 5.41) is 9.31. The third kappa shape index (κ3) is 3.94. The Kier molecular flexibility index (Phi) is 5.37. The van der Waals surface area contributed by atoms with Gasteiger partial charge in [-0.05, 0) is 35.7 Å². The van der Waals surface area contributed by atoms with Crippen LogP contribution >= 0.6 is 0 Å². The van der Waals surface area contributed by atoms with Crippen molar-refractivity contribution in [2.75, 3.05) is 0 Å². The van der Waals surface area contributed by atoms with E-state index in [0.29, 0.717) is 5.75 Å². The molecule has 3 nitrogen and oxygen atoms in total. The van der Waals surface area contributed by atoms with Gasteiger partial charge in [-0.1, -0.05) is 73.7 Å². The van der Waals surface area contributed by atoms with Crippen molar-refractivity contribution in [2.45, 2.75) is 25.9 Å². The van der Waals surface area contributed by atoms with E-state index in [2.05, 4.69) is 31.2 Å². The summed E-state index contributed by atoms with van der Waals surface area (Å²) in [5.41, 5.74) is 3.66. The van der Waals surface area contributed by atoms with Crippen LogP contribution in [0.5, 0.6) is 5.75 Å². The van der Waals surface area contributed by atoms with Gasteiger partial charge in [-0.15, -0.1) is 0 Å². The van der Waals surface area contributed by atoms with E-state index in [1.807, 2.05) is 37.3 Å². The number of para-hydroxylation sites is 1. The highest BCUT2D eigenvalue weighted by atomic mass is 16.5. The van der Waals surface area contributed by atoms with Crippen molar-refractivity contribution in [3.63, 3.8) is 0 Å². The molecule has 0 radical (unpaired) electrons. The van der Waals surface area contributed by atoms with E-state index in [9.17, 15) is 9.90 Å². The SMILES string of the molecule is CC(Oc1ccccc1C(=O)O)c1cccc(C(C)c2ccccc2)c1. The summed E-state index contributed by atoms with van der Waals surface area (Å²) in [6.07, 6.45) is -0.251. The monoisotopic (exact) mass is 346 g/mol. The highest BCUT2D eigenvalue weighted by Gasteiger charge is 2.16. The molecular formula is C23H22O3. The van der Waals surface area contributed by atoms with Gasteiger partial charge >= 0.3 is 5.97 Å². The van der Waals surface area contributed by atoms with Crippen molar-refractivity contribution in [1.29, 1.82) is 0 Å². The molecule has 0 heterocycles. The number of carboxylic acid groups (broad SMARTS) is 1. The van der Waals surface area contributed by atoms with Crippen LogP contribution in [0.1, 0.15) is 52.9 Å². The Labute approximate surface area is 153 Å². The number of ether oxygens (including phenoxy) is 1. The van der Waals surface area contributed by atoms with E-state index in [0.717, 1.165) is 5.56 Å². The average molecular weight is 346 g/mol. The second-order valence-electron chi connectivity index (χ2n) is 6.36. The van der Waals surface area contributed by atoms with Crippen LogP contribution in [0, 0.1) is 0 Å². The minimum absolute atomic E-state index is 0.174. The number of carboxylic acids is 1. The molecule has 26 heavy (non-hydrogen) atoms. The van der Waals surface area contributed by atoms with Gasteiger partial charge in [0.15, 0.2) is 0 Å². The Balaban J connectivity index is 1.83. The molecule has 0 aliphatic heterocycles. The molecule has 0 fully saturated rings. The maximum Gasteiger partial charge on any atom is 0.339 e. The van der Waals surface area contributed by atoms with Gasteiger partial charge in [-0.25, -0.2) is 4.79 Å². The molecule has 0 saturated heterocycles. The molecule has 0 aromatic heterocycles. The summed E-state index contributed by atoms with van der Waals surface area (Å²) in [6.45, 7) is 4.12. The Morgan fingerprint density at radius 3 is 2.15 bits per heavy atom. The zero-order valence-corrected chi connectivity index (χ0v) is 14.9. The Bertz CT molecular complexity index is 887. The molecule has 0 aliphatic carbocycles. The van der Waals surface area contributed by atoms with Gasteiger partial charge in [0, 0.05) is 5.92 Å². The zero-order chi connectivity index (χ0) is 18.5. The summed E-state index contributed by atoms with van der Waals surface area (Å²) < 4.78 is 5.95. The maximum atomic E-state index is 11.4. The predicted octanol–water partition coefficient (Wildman–Crippen LogP) is 5.68.